The zero-order valence-electron chi connectivity index (χ0n) is 15.5. The number of aromatic nitrogens is 1. The first kappa shape index (κ1) is 18.1. The summed E-state index contributed by atoms with van der Waals surface area (Å²) in [6.07, 6.45) is 2.14. The number of ether oxygens (including phenoxy) is 1. The molecular formula is C22H25NO3. The fourth-order valence-electron chi connectivity index (χ4n) is 3.60. The topological polar surface area (TPSA) is 51.5 Å². The van der Waals surface area contributed by atoms with Crippen LogP contribution in [-0.2, 0) is 6.54 Å². The van der Waals surface area contributed by atoms with Gasteiger partial charge in [0.1, 0.15) is 5.75 Å². The standard InChI is InChI=1S/C22H25NO3/c1-4-16(5-2)21-13-18-12-19(26-3)9-10-20(18)23(21)14-15-7-6-8-17(11-15)22(24)25/h6-13,16H,4-5,14H2,1-3H3,(H,24,25). The third-order valence-corrected chi connectivity index (χ3v) is 5.06. The lowest BCUT2D eigenvalue weighted by Gasteiger charge is -2.18. The van der Waals surface area contributed by atoms with E-state index in [1.807, 2.05) is 18.2 Å². The molecule has 0 spiro atoms. The quantitative estimate of drug-likeness (QED) is 0.628. The van der Waals surface area contributed by atoms with Crippen molar-refractivity contribution in [2.75, 3.05) is 7.11 Å². The predicted octanol–water partition coefficient (Wildman–Crippen LogP) is 5.30. The second-order valence-electron chi connectivity index (χ2n) is 6.60. The van der Waals surface area contributed by atoms with Gasteiger partial charge in [-0.2, -0.15) is 0 Å². The highest BCUT2D eigenvalue weighted by molar-refractivity contribution is 5.87. The van der Waals surface area contributed by atoms with E-state index in [2.05, 4.69) is 36.6 Å². The van der Waals surface area contributed by atoms with Crippen LogP contribution in [-0.4, -0.2) is 22.8 Å². The van der Waals surface area contributed by atoms with E-state index in [0.29, 0.717) is 18.0 Å². The minimum atomic E-state index is -0.894. The second kappa shape index (κ2) is 7.65. The van der Waals surface area contributed by atoms with E-state index in [1.54, 1.807) is 19.2 Å². The van der Waals surface area contributed by atoms with Crippen LogP contribution >= 0.6 is 0 Å². The lowest BCUT2D eigenvalue weighted by Crippen LogP contribution is -2.09. The number of aromatic carboxylic acids is 1. The number of nitrogens with zero attached hydrogens (tertiary/aromatic N) is 1. The first-order chi connectivity index (χ1) is 12.6. The molecule has 3 aromatic rings. The van der Waals surface area contributed by atoms with Gasteiger partial charge in [0.15, 0.2) is 0 Å². The van der Waals surface area contributed by atoms with E-state index >= 15 is 0 Å². The van der Waals surface area contributed by atoms with E-state index in [9.17, 15) is 9.90 Å². The van der Waals surface area contributed by atoms with Crippen LogP contribution in [0, 0.1) is 0 Å². The van der Waals surface area contributed by atoms with E-state index in [4.69, 9.17) is 4.74 Å². The Balaban J connectivity index is 2.11. The molecule has 2 aromatic carbocycles. The van der Waals surface area contributed by atoms with Crippen molar-refractivity contribution in [1.82, 2.24) is 4.57 Å². The van der Waals surface area contributed by atoms with Crippen molar-refractivity contribution in [1.29, 1.82) is 0 Å². The predicted molar refractivity (Wildman–Crippen MR) is 104 cm³/mol. The third kappa shape index (κ3) is 3.45. The molecule has 4 nitrogen and oxygen atoms in total. The summed E-state index contributed by atoms with van der Waals surface area (Å²) in [5.41, 5.74) is 3.75. The Morgan fingerprint density at radius 2 is 1.88 bits per heavy atom. The molecule has 0 amide bonds. The average Bonchev–Trinajstić information content (AvgIpc) is 3.00. The van der Waals surface area contributed by atoms with Crippen molar-refractivity contribution >= 4 is 16.9 Å². The lowest BCUT2D eigenvalue weighted by atomic mass is 9.99. The van der Waals surface area contributed by atoms with Crippen molar-refractivity contribution in [2.24, 2.45) is 0 Å². The Kier molecular flexibility index (Phi) is 5.31. The summed E-state index contributed by atoms with van der Waals surface area (Å²) < 4.78 is 7.68. The first-order valence-electron chi connectivity index (χ1n) is 9.06. The Hall–Kier alpha value is -2.75. The number of carboxylic acid groups (broad SMARTS) is 1. The van der Waals surface area contributed by atoms with E-state index in [-0.39, 0.29) is 0 Å². The molecule has 0 saturated heterocycles. The Bertz CT molecular complexity index is 922. The summed E-state index contributed by atoms with van der Waals surface area (Å²) in [6, 6.07) is 15.6. The maximum Gasteiger partial charge on any atom is 0.335 e. The molecule has 26 heavy (non-hydrogen) atoms. The smallest absolute Gasteiger partial charge is 0.335 e. The Morgan fingerprint density at radius 3 is 2.54 bits per heavy atom. The highest BCUT2D eigenvalue weighted by atomic mass is 16.5. The largest absolute Gasteiger partial charge is 0.497 e. The van der Waals surface area contributed by atoms with Gasteiger partial charge in [-0.1, -0.05) is 26.0 Å². The van der Waals surface area contributed by atoms with Gasteiger partial charge in [0.05, 0.1) is 12.7 Å². The van der Waals surface area contributed by atoms with Gasteiger partial charge in [0.25, 0.3) is 0 Å². The second-order valence-corrected chi connectivity index (χ2v) is 6.60. The normalized spacial score (nSPS) is 11.2. The van der Waals surface area contributed by atoms with Crippen LogP contribution in [0.15, 0.2) is 48.5 Å². The van der Waals surface area contributed by atoms with E-state index in [1.165, 1.54) is 5.69 Å². The molecule has 0 aliphatic carbocycles. The van der Waals surface area contributed by atoms with Gasteiger partial charge >= 0.3 is 5.97 Å². The van der Waals surface area contributed by atoms with Crippen molar-refractivity contribution in [3.63, 3.8) is 0 Å². The lowest BCUT2D eigenvalue weighted by molar-refractivity contribution is 0.0696. The number of carboxylic acids is 1. The molecule has 0 aliphatic rings. The number of benzene rings is 2. The highest BCUT2D eigenvalue weighted by Gasteiger charge is 2.17. The number of rotatable bonds is 7. The summed E-state index contributed by atoms with van der Waals surface area (Å²) in [6.45, 7) is 5.08. The first-order valence-corrected chi connectivity index (χ1v) is 9.06. The SMILES string of the molecule is CCC(CC)c1cc2cc(OC)ccc2n1Cc1cccc(C(=O)O)c1. The number of hydrogen-bond acceptors (Lipinski definition) is 2. The molecule has 0 aliphatic heterocycles. The molecule has 1 heterocycles. The Labute approximate surface area is 154 Å². The van der Waals surface area contributed by atoms with E-state index < -0.39 is 5.97 Å². The van der Waals surface area contributed by atoms with Crippen LogP contribution in [0.2, 0.25) is 0 Å². The third-order valence-electron chi connectivity index (χ3n) is 5.06. The summed E-state index contributed by atoms with van der Waals surface area (Å²) in [5, 5.41) is 10.4. The fourth-order valence-corrected chi connectivity index (χ4v) is 3.60. The minimum absolute atomic E-state index is 0.324. The summed E-state index contributed by atoms with van der Waals surface area (Å²) >= 11 is 0. The number of methoxy groups -OCH3 is 1. The molecule has 1 aromatic heterocycles. The highest BCUT2D eigenvalue weighted by Crippen LogP contribution is 2.32. The zero-order valence-corrected chi connectivity index (χ0v) is 15.5. The molecule has 0 saturated carbocycles. The van der Waals surface area contributed by atoms with Crippen LogP contribution in [0.25, 0.3) is 10.9 Å². The maximum atomic E-state index is 11.3. The van der Waals surface area contributed by atoms with Crippen LogP contribution in [0.4, 0.5) is 0 Å². The van der Waals surface area contributed by atoms with Crippen molar-refractivity contribution < 1.29 is 14.6 Å². The molecule has 0 bridgehead atoms. The molecule has 0 fully saturated rings. The molecule has 136 valence electrons. The van der Waals surface area contributed by atoms with Crippen LogP contribution in [0.5, 0.6) is 5.75 Å². The van der Waals surface area contributed by atoms with Gasteiger partial charge in [-0.25, -0.2) is 4.79 Å². The molecular weight excluding hydrogens is 326 g/mol. The zero-order chi connectivity index (χ0) is 18.7. The van der Waals surface area contributed by atoms with Gasteiger partial charge in [-0.3, -0.25) is 0 Å². The van der Waals surface area contributed by atoms with Crippen molar-refractivity contribution in [3.8, 4) is 5.75 Å². The average molecular weight is 351 g/mol. The van der Waals surface area contributed by atoms with Crippen LogP contribution in [0.1, 0.15) is 54.2 Å². The molecule has 0 atom stereocenters. The van der Waals surface area contributed by atoms with Gasteiger partial charge < -0.3 is 14.4 Å². The summed E-state index contributed by atoms with van der Waals surface area (Å²) in [7, 11) is 1.68. The fraction of sp³-hybridized carbons (Fsp3) is 0.318. The van der Waals surface area contributed by atoms with Gasteiger partial charge in [-0.15, -0.1) is 0 Å². The Morgan fingerprint density at radius 1 is 1.12 bits per heavy atom. The van der Waals surface area contributed by atoms with Gasteiger partial charge in [-0.05, 0) is 60.7 Å². The number of hydrogen-bond donors (Lipinski definition) is 1. The molecule has 4 heteroatoms. The molecule has 3 rings (SSSR count). The summed E-state index contributed by atoms with van der Waals surface area (Å²) in [5.74, 6) is 0.420. The van der Waals surface area contributed by atoms with Crippen molar-refractivity contribution in [3.05, 3.63) is 65.4 Å². The summed E-state index contributed by atoms with van der Waals surface area (Å²) in [4.78, 5) is 11.3. The monoisotopic (exact) mass is 351 g/mol. The molecule has 0 radical (unpaired) electrons. The maximum absolute atomic E-state index is 11.3. The van der Waals surface area contributed by atoms with Crippen LogP contribution in [0.3, 0.4) is 0 Å². The van der Waals surface area contributed by atoms with Gasteiger partial charge in [0, 0.05) is 23.1 Å². The molecule has 1 N–H and O–H groups in total. The number of carbonyl (C=O) groups is 1. The molecule has 0 unspecified atom stereocenters. The van der Waals surface area contributed by atoms with Crippen molar-refractivity contribution in [2.45, 2.75) is 39.2 Å². The van der Waals surface area contributed by atoms with Gasteiger partial charge in [0.2, 0.25) is 0 Å². The number of fused-ring (bicyclic) bond motifs is 1. The van der Waals surface area contributed by atoms with E-state index in [0.717, 1.165) is 35.1 Å². The van der Waals surface area contributed by atoms with Crippen LogP contribution < -0.4 is 4.74 Å². The minimum Gasteiger partial charge on any atom is -0.497 e.